The van der Waals surface area contributed by atoms with Gasteiger partial charge < -0.3 is 19.7 Å². The minimum atomic E-state index is -0.486. The highest BCUT2D eigenvalue weighted by Crippen LogP contribution is 2.12. The van der Waals surface area contributed by atoms with E-state index in [1.165, 1.54) is 13.2 Å². The molecule has 1 heterocycles. The van der Waals surface area contributed by atoms with Crippen LogP contribution in [0.2, 0.25) is 0 Å². The standard InChI is InChI=1S/C15H18N2O5/c1-21-15(20)11-3-2-4-12(9-11)16-13(18)10-14(19)17-5-7-22-8-6-17/h2-4,9H,5-8,10H2,1H3,(H,16,18). The SMILES string of the molecule is COC(=O)c1cccc(NC(=O)CC(=O)N2CCOCC2)c1. The molecule has 2 rings (SSSR count). The number of ether oxygens (including phenoxy) is 2. The number of methoxy groups -OCH3 is 1. The highest BCUT2D eigenvalue weighted by Gasteiger charge is 2.19. The maximum absolute atomic E-state index is 12.0. The monoisotopic (exact) mass is 306 g/mol. The summed E-state index contributed by atoms with van der Waals surface area (Å²) in [4.78, 5) is 36.9. The van der Waals surface area contributed by atoms with Gasteiger partial charge in [-0.2, -0.15) is 0 Å². The second kappa shape index (κ2) is 7.56. The smallest absolute Gasteiger partial charge is 0.337 e. The molecule has 0 saturated carbocycles. The molecule has 0 unspecified atom stereocenters. The number of hydrogen-bond donors (Lipinski definition) is 1. The maximum Gasteiger partial charge on any atom is 0.337 e. The number of morpholine rings is 1. The number of benzene rings is 1. The van der Waals surface area contributed by atoms with Gasteiger partial charge in [-0.05, 0) is 18.2 Å². The van der Waals surface area contributed by atoms with Crippen molar-refractivity contribution in [3.8, 4) is 0 Å². The number of rotatable bonds is 4. The lowest BCUT2D eigenvalue weighted by Gasteiger charge is -2.26. The van der Waals surface area contributed by atoms with Crippen molar-refractivity contribution in [1.29, 1.82) is 0 Å². The van der Waals surface area contributed by atoms with Crippen molar-refractivity contribution in [3.05, 3.63) is 29.8 Å². The average molecular weight is 306 g/mol. The fourth-order valence-corrected chi connectivity index (χ4v) is 2.11. The van der Waals surface area contributed by atoms with Gasteiger partial charge in [0.05, 0.1) is 25.9 Å². The highest BCUT2D eigenvalue weighted by atomic mass is 16.5. The van der Waals surface area contributed by atoms with Gasteiger partial charge in [0.25, 0.3) is 0 Å². The van der Waals surface area contributed by atoms with E-state index in [9.17, 15) is 14.4 Å². The van der Waals surface area contributed by atoms with Crippen molar-refractivity contribution >= 4 is 23.5 Å². The molecule has 1 aliphatic heterocycles. The van der Waals surface area contributed by atoms with E-state index in [2.05, 4.69) is 10.1 Å². The van der Waals surface area contributed by atoms with Crippen LogP contribution in [0, 0.1) is 0 Å². The third-order valence-corrected chi connectivity index (χ3v) is 3.24. The van der Waals surface area contributed by atoms with Gasteiger partial charge in [-0.1, -0.05) is 6.07 Å². The lowest BCUT2D eigenvalue weighted by atomic mass is 10.2. The van der Waals surface area contributed by atoms with Crippen molar-refractivity contribution in [2.45, 2.75) is 6.42 Å². The van der Waals surface area contributed by atoms with E-state index in [1.54, 1.807) is 23.1 Å². The van der Waals surface area contributed by atoms with E-state index in [0.29, 0.717) is 37.6 Å². The van der Waals surface area contributed by atoms with Crippen molar-refractivity contribution in [3.63, 3.8) is 0 Å². The van der Waals surface area contributed by atoms with E-state index < -0.39 is 11.9 Å². The molecule has 0 atom stereocenters. The lowest BCUT2D eigenvalue weighted by Crippen LogP contribution is -2.41. The predicted octanol–water partition coefficient (Wildman–Crippen LogP) is 0.661. The quantitative estimate of drug-likeness (QED) is 0.652. The summed E-state index contributed by atoms with van der Waals surface area (Å²) < 4.78 is 9.77. The minimum Gasteiger partial charge on any atom is -0.465 e. The normalized spacial score (nSPS) is 14.3. The number of amides is 2. The molecule has 0 spiro atoms. The molecule has 7 heteroatoms. The Balaban J connectivity index is 1.91. The molecule has 0 radical (unpaired) electrons. The summed E-state index contributed by atoms with van der Waals surface area (Å²) in [5.74, 6) is -1.14. The lowest BCUT2D eigenvalue weighted by molar-refractivity contribution is -0.138. The second-order valence-corrected chi connectivity index (χ2v) is 4.79. The molecule has 1 fully saturated rings. The van der Waals surface area contributed by atoms with E-state index in [4.69, 9.17) is 4.74 Å². The van der Waals surface area contributed by atoms with Crippen LogP contribution in [0.3, 0.4) is 0 Å². The molecule has 2 amide bonds. The van der Waals surface area contributed by atoms with Gasteiger partial charge in [0.2, 0.25) is 11.8 Å². The third-order valence-electron chi connectivity index (χ3n) is 3.24. The molecular formula is C15H18N2O5. The van der Waals surface area contributed by atoms with Gasteiger partial charge in [0.1, 0.15) is 6.42 Å². The second-order valence-electron chi connectivity index (χ2n) is 4.79. The number of carbonyl (C=O) groups is 3. The van der Waals surface area contributed by atoms with Crippen LogP contribution in [0.1, 0.15) is 16.8 Å². The van der Waals surface area contributed by atoms with Gasteiger partial charge in [-0.15, -0.1) is 0 Å². The summed E-state index contributed by atoms with van der Waals surface area (Å²) >= 11 is 0. The molecule has 7 nitrogen and oxygen atoms in total. The summed E-state index contributed by atoms with van der Waals surface area (Å²) in [6, 6.07) is 6.36. The minimum absolute atomic E-state index is 0.232. The molecule has 0 aromatic heterocycles. The number of esters is 1. The zero-order chi connectivity index (χ0) is 15.9. The van der Waals surface area contributed by atoms with Crippen molar-refractivity contribution in [2.75, 3.05) is 38.7 Å². The van der Waals surface area contributed by atoms with Crippen LogP contribution in [0.5, 0.6) is 0 Å². The van der Waals surface area contributed by atoms with Gasteiger partial charge in [0.15, 0.2) is 0 Å². The van der Waals surface area contributed by atoms with Crippen molar-refractivity contribution < 1.29 is 23.9 Å². The van der Waals surface area contributed by atoms with Gasteiger partial charge in [-0.3, -0.25) is 9.59 Å². The maximum atomic E-state index is 12.0. The Hall–Kier alpha value is -2.41. The molecule has 1 saturated heterocycles. The third kappa shape index (κ3) is 4.29. The van der Waals surface area contributed by atoms with Crippen LogP contribution < -0.4 is 5.32 Å². The average Bonchev–Trinajstić information content (AvgIpc) is 2.55. The zero-order valence-corrected chi connectivity index (χ0v) is 12.3. The summed E-state index contributed by atoms with van der Waals surface area (Å²) in [5, 5.41) is 2.61. The fourth-order valence-electron chi connectivity index (χ4n) is 2.11. The Morgan fingerprint density at radius 1 is 1.27 bits per heavy atom. The van der Waals surface area contributed by atoms with Crippen LogP contribution in [-0.4, -0.2) is 56.1 Å². The molecule has 0 aliphatic carbocycles. The largest absolute Gasteiger partial charge is 0.465 e. The number of hydrogen-bond acceptors (Lipinski definition) is 5. The summed E-state index contributed by atoms with van der Waals surface area (Å²) in [5.41, 5.74) is 0.780. The number of anilines is 1. The van der Waals surface area contributed by atoms with E-state index in [0.717, 1.165) is 0 Å². The molecule has 1 aromatic rings. The van der Waals surface area contributed by atoms with Gasteiger partial charge >= 0.3 is 5.97 Å². The summed E-state index contributed by atoms with van der Waals surface area (Å²) in [6.07, 6.45) is -0.234. The molecule has 118 valence electrons. The summed E-state index contributed by atoms with van der Waals surface area (Å²) in [7, 11) is 1.29. The molecule has 22 heavy (non-hydrogen) atoms. The topological polar surface area (TPSA) is 84.9 Å². The number of nitrogens with one attached hydrogen (secondary N) is 1. The molecule has 1 aliphatic rings. The molecule has 1 aromatic carbocycles. The van der Waals surface area contributed by atoms with E-state index in [-0.39, 0.29) is 12.3 Å². The first kappa shape index (κ1) is 16.0. The first-order valence-corrected chi connectivity index (χ1v) is 6.94. The Labute approximate surface area is 128 Å². The first-order valence-electron chi connectivity index (χ1n) is 6.94. The highest BCUT2D eigenvalue weighted by molar-refractivity contribution is 6.04. The van der Waals surface area contributed by atoms with Crippen molar-refractivity contribution in [1.82, 2.24) is 4.90 Å². The zero-order valence-electron chi connectivity index (χ0n) is 12.3. The molecular weight excluding hydrogens is 288 g/mol. The van der Waals surface area contributed by atoms with E-state index >= 15 is 0 Å². The number of nitrogens with zero attached hydrogens (tertiary/aromatic N) is 1. The van der Waals surface area contributed by atoms with Crippen LogP contribution in [0.15, 0.2) is 24.3 Å². The Morgan fingerprint density at radius 2 is 2.00 bits per heavy atom. The van der Waals surface area contributed by atoms with E-state index in [1.807, 2.05) is 0 Å². The van der Waals surface area contributed by atoms with Crippen LogP contribution in [-0.2, 0) is 19.1 Å². The number of carbonyl (C=O) groups excluding carboxylic acids is 3. The Morgan fingerprint density at radius 3 is 2.68 bits per heavy atom. The molecule has 1 N–H and O–H groups in total. The van der Waals surface area contributed by atoms with Crippen LogP contribution >= 0.6 is 0 Å². The first-order chi connectivity index (χ1) is 10.6. The van der Waals surface area contributed by atoms with Gasteiger partial charge in [0, 0.05) is 18.8 Å². The molecule has 0 bridgehead atoms. The fraction of sp³-hybridized carbons (Fsp3) is 0.400. The predicted molar refractivity (Wildman–Crippen MR) is 78.4 cm³/mol. The Kier molecular flexibility index (Phi) is 5.48. The Bertz CT molecular complexity index is 567. The van der Waals surface area contributed by atoms with Crippen LogP contribution in [0.25, 0.3) is 0 Å². The summed E-state index contributed by atoms with van der Waals surface area (Å²) in [6.45, 7) is 2.00. The van der Waals surface area contributed by atoms with Crippen LogP contribution in [0.4, 0.5) is 5.69 Å². The van der Waals surface area contributed by atoms with Crippen molar-refractivity contribution in [2.24, 2.45) is 0 Å². The van der Waals surface area contributed by atoms with Gasteiger partial charge in [-0.25, -0.2) is 4.79 Å².